The highest BCUT2D eigenvalue weighted by molar-refractivity contribution is 5.67. The van der Waals surface area contributed by atoms with Gasteiger partial charge in [0.2, 0.25) is 0 Å². The molecule has 0 saturated carbocycles. The molecule has 7 unspecified atom stereocenters. The Morgan fingerprint density at radius 3 is 1.47 bits per heavy atom. The van der Waals surface area contributed by atoms with Gasteiger partial charge in [0.15, 0.2) is 31.1 Å². The van der Waals surface area contributed by atoms with Gasteiger partial charge in [-0.25, -0.2) is 0 Å². The standard InChI is InChI=1S/C31H50O14/c1-13-15(3)26(40-21(9)34)30(39-18(13)6)45-28-25(17(5)24(42-29(28)36)12-38-20(8)33)44-31-27(41-22(10)35)16(4)14(2)23(43-31)11-37-19(7)32/h13-18,23-31,36H,11-12H2,1-10H3/t13-,14+,15+,16+,17-,18?,23?,24?,25+,26?,27?,28?,29?,30+,31+/m1/s1. The van der Waals surface area contributed by atoms with Crippen LogP contribution in [0.25, 0.3) is 0 Å². The molecule has 0 aromatic heterocycles. The largest absolute Gasteiger partial charge is 0.463 e. The van der Waals surface area contributed by atoms with Gasteiger partial charge < -0.3 is 47.7 Å². The lowest BCUT2D eigenvalue weighted by atomic mass is 9.83. The van der Waals surface area contributed by atoms with E-state index in [0.29, 0.717) is 0 Å². The third-order valence-corrected chi connectivity index (χ3v) is 9.33. The Labute approximate surface area is 264 Å². The van der Waals surface area contributed by atoms with E-state index in [2.05, 4.69) is 0 Å². The van der Waals surface area contributed by atoms with Gasteiger partial charge in [-0.05, 0) is 18.8 Å². The number of aliphatic hydroxyl groups is 1. The summed E-state index contributed by atoms with van der Waals surface area (Å²) in [7, 11) is 0. The van der Waals surface area contributed by atoms with Crippen LogP contribution in [-0.4, -0.2) is 104 Å². The molecule has 258 valence electrons. The lowest BCUT2D eigenvalue weighted by Crippen LogP contribution is -2.63. The molecule has 0 spiro atoms. The quantitative estimate of drug-likeness (QED) is 0.270. The van der Waals surface area contributed by atoms with E-state index in [4.69, 9.17) is 42.6 Å². The van der Waals surface area contributed by atoms with Crippen LogP contribution in [-0.2, 0) is 61.8 Å². The molecule has 3 saturated heterocycles. The highest BCUT2D eigenvalue weighted by atomic mass is 16.8. The summed E-state index contributed by atoms with van der Waals surface area (Å²) in [5.74, 6) is -3.27. The summed E-state index contributed by atoms with van der Waals surface area (Å²) >= 11 is 0. The van der Waals surface area contributed by atoms with E-state index in [0.717, 1.165) is 0 Å². The number of aliphatic hydroxyl groups excluding tert-OH is 1. The first-order valence-corrected chi connectivity index (χ1v) is 15.6. The molecular weight excluding hydrogens is 596 g/mol. The van der Waals surface area contributed by atoms with Crippen molar-refractivity contribution >= 4 is 23.9 Å². The van der Waals surface area contributed by atoms with Crippen molar-refractivity contribution in [3.8, 4) is 0 Å². The van der Waals surface area contributed by atoms with E-state index < -0.39 is 85.3 Å². The molecule has 14 heteroatoms. The Bertz CT molecular complexity index is 1030. The third kappa shape index (κ3) is 9.35. The van der Waals surface area contributed by atoms with E-state index in [1.807, 2.05) is 34.6 Å². The van der Waals surface area contributed by atoms with Gasteiger partial charge in [0.1, 0.15) is 19.3 Å². The number of hydrogen-bond acceptors (Lipinski definition) is 14. The van der Waals surface area contributed by atoms with Crippen LogP contribution >= 0.6 is 0 Å². The third-order valence-electron chi connectivity index (χ3n) is 9.33. The molecule has 0 aromatic carbocycles. The summed E-state index contributed by atoms with van der Waals surface area (Å²) in [5.41, 5.74) is 0. The molecule has 0 bridgehead atoms. The molecule has 0 aliphatic carbocycles. The van der Waals surface area contributed by atoms with Crippen molar-refractivity contribution in [3.63, 3.8) is 0 Å². The Morgan fingerprint density at radius 1 is 0.533 bits per heavy atom. The zero-order valence-electron chi connectivity index (χ0n) is 27.8. The summed E-state index contributed by atoms with van der Waals surface area (Å²) < 4.78 is 52.9. The van der Waals surface area contributed by atoms with Crippen molar-refractivity contribution in [2.24, 2.45) is 29.6 Å². The Kier molecular flexibility index (Phi) is 13.2. The fraction of sp³-hybridized carbons (Fsp3) is 0.871. The van der Waals surface area contributed by atoms with Gasteiger partial charge in [0, 0.05) is 45.4 Å². The van der Waals surface area contributed by atoms with Crippen molar-refractivity contribution in [2.45, 2.75) is 131 Å². The molecule has 3 fully saturated rings. The maximum Gasteiger partial charge on any atom is 0.303 e. The molecular formula is C31H50O14. The highest BCUT2D eigenvalue weighted by Crippen LogP contribution is 2.40. The fourth-order valence-electron chi connectivity index (χ4n) is 6.07. The minimum absolute atomic E-state index is 0.0265. The van der Waals surface area contributed by atoms with Gasteiger partial charge in [-0.15, -0.1) is 0 Å². The van der Waals surface area contributed by atoms with Crippen LogP contribution in [0.1, 0.15) is 69.2 Å². The lowest BCUT2D eigenvalue weighted by molar-refractivity contribution is -0.373. The molecule has 0 amide bonds. The first-order valence-electron chi connectivity index (χ1n) is 15.6. The van der Waals surface area contributed by atoms with Gasteiger partial charge in [-0.3, -0.25) is 19.2 Å². The van der Waals surface area contributed by atoms with Gasteiger partial charge in [-0.1, -0.05) is 34.6 Å². The summed E-state index contributed by atoms with van der Waals surface area (Å²) in [6.45, 7) is 16.2. The van der Waals surface area contributed by atoms with Crippen LogP contribution in [0.3, 0.4) is 0 Å². The number of rotatable bonds is 10. The molecule has 3 aliphatic rings. The van der Waals surface area contributed by atoms with Crippen LogP contribution < -0.4 is 0 Å². The Hall–Kier alpha value is -2.36. The van der Waals surface area contributed by atoms with Crippen LogP contribution in [0.5, 0.6) is 0 Å². The van der Waals surface area contributed by atoms with Crippen molar-refractivity contribution in [1.82, 2.24) is 0 Å². The highest BCUT2D eigenvalue weighted by Gasteiger charge is 2.53. The zero-order valence-corrected chi connectivity index (χ0v) is 27.8. The van der Waals surface area contributed by atoms with E-state index in [1.54, 1.807) is 6.92 Å². The van der Waals surface area contributed by atoms with Crippen molar-refractivity contribution in [2.75, 3.05) is 13.2 Å². The second-order valence-corrected chi connectivity index (χ2v) is 12.6. The lowest BCUT2D eigenvalue weighted by Gasteiger charge is -2.50. The van der Waals surface area contributed by atoms with Crippen LogP contribution in [0.2, 0.25) is 0 Å². The number of carbonyl (C=O) groups is 4. The molecule has 0 aromatic rings. The summed E-state index contributed by atoms with van der Waals surface area (Å²) in [6, 6.07) is 0. The van der Waals surface area contributed by atoms with Crippen molar-refractivity contribution < 1.29 is 66.9 Å². The van der Waals surface area contributed by atoms with Crippen molar-refractivity contribution in [1.29, 1.82) is 0 Å². The average molecular weight is 647 g/mol. The normalized spacial score (nSPS) is 41.9. The van der Waals surface area contributed by atoms with E-state index in [1.165, 1.54) is 27.7 Å². The minimum Gasteiger partial charge on any atom is -0.463 e. The van der Waals surface area contributed by atoms with Crippen LogP contribution in [0.4, 0.5) is 0 Å². The van der Waals surface area contributed by atoms with E-state index in [9.17, 15) is 24.3 Å². The maximum absolute atomic E-state index is 12.2. The molecule has 15 atom stereocenters. The first kappa shape index (κ1) is 37.1. The molecule has 3 rings (SSSR count). The topological polar surface area (TPSA) is 172 Å². The second kappa shape index (κ2) is 16.0. The maximum atomic E-state index is 12.2. The predicted molar refractivity (Wildman–Crippen MR) is 154 cm³/mol. The zero-order chi connectivity index (χ0) is 33.7. The van der Waals surface area contributed by atoms with Gasteiger partial charge in [0.25, 0.3) is 0 Å². The number of hydrogen-bond donors (Lipinski definition) is 1. The summed E-state index contributed by atoms with van der Waals surface area (Å²) in [4.78, 5) is 47.4. The molecule has 45 heavy (non-hydrogen) atoms. The second-order valence-electron chi connectivity index (χ2n) is 12.6. The smallest absolute Gasteiger partial charge is 0.303 e. The van der Waals surface area contributed by atoms with Gasteiger partial charge >= 0.3 is 23.9 Å². The molecule has 14 nitrogen and oxygen atoms in total. The monoisotopic (exact) mass is 646 g/mol. The van der Waals surface area contributed by atoms with Crippen molar-refractivity contribution in [3.05, 3.63) is 0 Å². The number of carbonyl (C=O) groups excluding carboxylic acids is 4. The predicted octanol–water partition coefficient (Wildman–Crippen LogP) is 2.11. The SMILES string of the molecule is CC(=O)OCC1O[C@@H](O[C@@H]2C(O[C@@H]3OC(C)[C@H](C)[C@H](C)C3OC(C)=O)C(O)OC(COC(C)=O)[C@H]2C)C(OC(C)=O)[C@@H](C)[C@@H]1C. The number of esters is 4. The van der Waals surface area contributed by atoms with E-state index in [-0.39, 0.29) is 43.0 Å². The minimum atomic E-state index is -1.60. The molecule has 3 aliphatic heterocycles. The summed E-state index contributed by atoms with van der Waals surface area (Å²) in [6.07, 6.45) is -9.43. The van der Waals surface area contributed by atoms with Gasteiger partial charge in [0.05, 0.1) is 24.4 Å². The Morgan fingerprint density at radius 2 is 0.978 bits per heavy atom. The Balaban J connectivity index is 1.98. The van der Waals surface area contributed by atoms with E-state index >= 15 is 0 Å². The molecule has 3 heterocycles. The van der Waals surface area contributed by atoms with Crippen LogP contribution in [0.15, 0.2) is 0 Å². The molecule has 1 N–H and O–H groups in total. The molecule has 0 radical (unpaired) electrons. The fourth-order valence-corrected chi connectivity index (χ4v) is 6.07. The average Bonchev–Trinajstić information content (AvgIpc) is 2.94. The van der Waals surface area contributed by atoms with Gasteiger partial charge in [-0.2, -0.15) is 0 Å². The summed E-state index contributed by atoms with van der Waals surface area (Å²) in [5, 5.41) is 11.3. The first-order chi connectivity index (χ1) is 21.0. The number of ether oxygens (including phenoxy) is 9. The van der Waals surface area contributed by atoms with Crippen LogP contribution in [0, 0.1) is 29.6 Å².